The Morgan fingerprint density at radius 1 is 1.21 bits per heavy atom. The Balaban J connectivity index is 1.35. The largest absolute Gasteiger partial charge is 0.349 e. The number of H-pyrrole nitrogens is 1. The first-order valence-electron chi connectivity index (χ1n) is 13.2. The van der Waals surface area contributed by atoms with Gasteiger partial charge in [-0.05, 0) is 44.6 Å². The third-order valence-corrected chi connectivity index (χ3v) is 8.55. The maximum Gasteiger partial charge on any atom is 0.254 e. The average molecular weight is 539 g/mol. The molecule has 0 spiro atoms. The van der Waals surface area contributed by atoms with E-state index in [0.29, 0.717) is 29.8 Å². The minimum atomic E-state index is -0.402. The molecule has 3 aromatic rings. The van der Waals surface area contributed by atoms with Crippen molar-refractivity contribution in [1.82, 2.24) is 19.8 Å². The van der Waals surface area contributed by atoms with Crippen LogP contribution in [0.1, 0.15) is 54.1 Å². The lowest BCUT2D eigenvalue weighted by atomic mass is 9.83. The Hall–Kier alpha value is -2.59. The van der Waals surface area contributed by atoms with E-state index in [2.05, 4.69) is 40.5 Å². The van der Waals surface area contributed by atoms with Gasteiger partial charge in [0, 0.05) is 52.4 Å². The molecule has 0 radical (unpaired) electrons. The number of nitrogens with one attached hydrogen (secondary N) is 2. The van der Waals surface area contributed by atoms with Crippen LogP contribution in [0.2, 0.25) is 0 Å². The number of hydrogen-bond donors (Lipinski definition) is 2. The normalized spacial score (nSPS) is 22.3. The molecule has 5 rings (SSSR count). The molecule has 4 heterocycles. The number of fused-ring (bicyclic) bond motifs is 1. The second-order valence-electron chi connectivity index (χ2n) is 11.4. The molecule has 2 aromatic heterocycles. The highest BCUT2D eigenvalue weighted by Gasteiger charge is 2.41. The molecule has 1 atom stereocenters. The first kappa shape index (κ1) is 27.0. The maximum atomic E-state index is 13.5. The molecule has 2 N–H and O–H groups in total. The second kappa shape index (κ2) is 10.5. The van der Waals surface area contributed by atoms with Gasteiger partial charge in [-0.15, -0.1) is 11.8 Å². The van der Waals surface area contributed by atoms with Gasteiger partial charge in [0.1, 0.15) is 0 Å². The Bertz CT molecular complexity index is 1400. The van der Waals surface area contributed by atoms with Crippen molar-refractivity contribution in [3.63, 3.8) is 0 Å². The number of carbonyl (C=O) groups excluding carboxylic acids is 1. The number of hydrogen-bond acceptors (Lipinski definition) is 6. The van der Waals surface area contributed by atoms with Crippen molar-refractivity contribution < 1.29 is 14.3 Å². The van der Waals surface area contributed by atoms with Crippen LogP contribution in [0.3, 0.4) is 0 Å². The molecule has 204 valence electrons. The lowest BCUT2D eigenvalue weighted by Crippen LogP contribution is -2.61. The fraction of sp³-hybridized carbons (Fsp3) is 0.517. The standard InChI is InChI=1S/C29H38N4O4S/c1-17-11-24(38-6)22(26(34)31-17)12-30-27(35)25-18(2)33(23-10-8-7-9-21(23)25)19(3)28-36-13-20(14-37-28)32-15-29(4,5)16-32/h7-11,19-20,28H,12-16H2,1-6H3,(H,30,35)(H,31,34). The Kier molecular flexibility index (Phi) is 7.48. The quantitative estimate of drug-likeness (QED) is 0.438. The van der Waals surface area contributed by atoms with Crippen LogP contribution in [0.4, 0.5) is 0 Å². The zero-order valence-corrected chi connectivity index (χ0v) is 23.9. The number of para-hydroxylation sites is 1. The smallest absolute Gasteiger partial charge is 0.254 e. The fourth-order valence-corrected chi connectivity index (χ4v) is 6.63. The molecule has 0 saturated carbocycles. The molecule has 38 heavy (non-hydrogen) atoms. The molecular formula is C29H38N4O4S. The summed E-state index contributed by atoms with van der Waals surface area (Å²) in [5, 5.41) is 3.87. The van der Waals surface area contributed by atoms with Crippen molar-refractivity contribution in [3.05, 3.63) is 63.2 Å². The van der Waals surface area contributed by atoms with Crippen molar-refractivity contribution in [2.45, 2.75) is 64.4 Å². The van der Waals surface area contributed by atoms with Crippen molar-refractivity contribution in [2.24, 2.45) is 5.41 Å². The van der Waals surface area contributed by atoms with Crippen LogP contribution in [0, 0.1) is 19.3 Å². The van der Waals surface area contributed by atoms with Crippen molar-refractivity contribution in [3.8, 4) is 0 Å². The van der Waals surface area contributed by atoms with Gasteiger partial charge in [-0.25, -0.2) is 0 Å². The lowest BCUT2D eigenvalue weighted by molar-refractivity contribution is -0.231. The molecular weight excluding hydrogens is 500 g/mol. The number of rotatable bonds is 7. The minimum absolute atomic E-state index is 0.127. The summed E-state index contributed by atoms with van der Waals surface area (Å²) in [6.07, 6.45) is 1.53. The first-order valence-corrected chi connectivity index (χ1v) is 14.4. The van der Waals surface area contributed by atoms with Gasteiger partial charge < -0.3 is 24.3 Å². The summed E-state index contributed by atoms with van der Waals surface area (Å²) in [5.74, 6) is -0.206. The number of amides is 1. The highest BCUT2D eigenvalue weighted by molar-refractivity contribution is 7.98. The predicted molar refractivity (Wildman–Crippen MR) is 151 cm³/mol. The molecule has 8 nitrogen and oxygen atoms in total. The number of carbonyl (C=O) groups is 1. The zero-order chi connectivity index (χ0) is 27.2. The Labute approximate surface area is 228 Å². The fourth-order valence-electron chi connectivity index (χ4n) is 5.93. The van der Waals surface area contributed by atoms with Gasteiger partial charge in [-0.1, -0.05) is 32.0 Å². The predicted octanol–water partition coefficient (Wildman–Crippen LogP) is 4.24. The summed E-state index contributed by atoms with van der Waals surface area (Å²) >= 11 is 1.50. The highest BCUT2D eigenvalue weighted by atomic mass is 32.2. The molecule has 1 amide bonds. The number of nitrogens with zero attached hydrogens (tertiary/aromatic N) is 2. The molecule has 1 aromatic carbocycles. The summed E-state index contributed by atoms with van der Waals surface area (Å²) in [7, 11) is 0. The molecule has 2 saturated heterocycles. The third kappa shape index (κ3) is 5.04. The Morgan fingerprint density at radius 2 is 1.89 bits per heavy atom. The number of pyridine rings is 1. The summed E-state index contributed by atoms with van der Waals surface area (Å²) in [6, 6.07) is 10.0. The first-order chi connectivity index (χ1) is 18.1. The van der Waals surface area contributed by atoms with Crippen molar-refractivity contribution in [1.29, 1.82) is 0 Å². The minimum Gasteiger partial charge on any atom is -0.349 e. The van der Waals surface area contributed by atoms with E-state index >= 15 is 0 Å². The van der Waals surface area contributed by atoms with Gasteiger partial charge in [0.25, 0.3) is 11.5 Å². The molecule has 2 fully saturated rings. The van der Waals surface area contributed by atoms with Crippen LogP contribution in [0.25, 0.3) is 10.9 Å². The molecule has 0 bridgehead atoms. The van der Waals surface area contributed by atoms with Crippen LogP contribution in [-0.2, 0) is 16.0 Å². The summed E-state index contributed by atoms with van der Waals surface area (Å²) in [6.45, 7) is 14.0. The van der Waals surface area contributed by atoms with Gasteiger partial charge >= 0.3 is 0 Å². The van der Waals surface area contributed by atoms with Crippen LogP contribution < -0.4 is 10.9 Å². The van der Waals surface area contributed by atoms with Crippen molar-refractivity contribution in [2.75, 3.05) is 32.6 Å². The number of likely N-dealkylation sites (tertiary alicyclic amines) is 1. The molecule has 1 unspecified atom stereocenters. The number of thioether (sulfide) groups is 1. The number of aromatic nitrogens is 2. The van der Waals surface area contributed by atoms with Crippen LogP contribution >= 0.6 is 11.8 Å². The van der Waals surface area contributed by atoms with E-state index in [1.54, 1.807) is 0 Å². The molecule has 0 aliphatic carbocycles. The van der Waals surface area contributed by atoms with E-state index in [-0.39, 0.29) is 30.1 Å². The number of aromatic amines is 1. The van der Waals surface area contributed by atoms with Crippen LogP contribution in [-0.4, -0.2) is 65.2 Å². The summed E-state index contributed by atoms with van der Waals surface area (Å²) in [5.41, 5.74) is 3.97. The van der Waals surface area contributed by atoms with Gasteiger partial charge in [0.2, 0.25) is 0 Å². The molecule has 9 heteroatoms. The topological polar surface area (TPSA) is 88.6 Å². The van der Waals surface area contributed by atoms with Gasteiger partial charge in [-0.2, -0.15) is 0 Å². The third-order valence-electron chi connectivity index (χ3n) is 7.74. The van der Waals surface area contributed by atoms with E-state index < -0.39 is 6.29 Å². The summed E-state index contributed by atoms with van der Waals surface area (Å²) in [4.78, 5) is 32.3. The van der Waals surface area contributed by atoms with E-state index in [1.165, 1.54) is 11.8 Å². The van der Waals surface area contributed by atoms with E-state index in [4.69, 9.17) is 9.47 Å². The van der Waals surface area contributed by atoms with E-state index in [1.807, 2.05) is 50.4 Å². The highest BCUT2D eigenvalue weighted by Crippen LogP contribution is 2.35. The van der Waals surface area contributed by atoms with Gasteiger partial charge in [-0.3, -0.25) is 14.5 Å². The SMILES string of the molecule is CSc1cc(C)[nH]c(=O)c1CNC(=O)c1c(C)n(C(C)C2OCC(N3CC(C)(C)C3)CO2)c2ccccc12. The van der Waals surface area contributed by atoms with Gasteiger partial charge in [0.05, 0.1) is 30.9 Å². The van der Waals surface area contributed by atoms with E-state index in [9.17, 15) is 9.59 Å². The number of aryl methyl sites for hydroxylation is 1. The van der Waals surface area contributed by atoms with Gasteiger partial charge in [0.15, 0.2) is 6.29 Å². The monoisotopic (exact) mass is 538 g/mol. The lowest BCUT2D eigenvalue weighted by Gasteiger charge is -2.51. The van der Waals surface area contributed by atoms with Crippen molar-refractivity contribution >= 4 is 28.6 Å². The van der Waals surface area contributed by atoms with Crippen LogP contribution in [0.5, 0.6) is 0 Å². The molecule has 2 aliphatic rings. The zero-order valence-electron chi connectivity index (χ0n) is 23.1. The Morgan fingerprint density at radius 3 is 2.55 bits per heavy atom. The second-order valence-corrected chi connectivity index (χ2v) is 12.2. The average Bonchev–Trinajstić information content (AvgIpc) is 3.17. The molecule has 2 aliphatic heterocycles. The van der Waals surface area contributed by atoms with Crippen LogP contribution in [0.15, 0.2) is 40.0 Å². The number of ether oxygens (including phenoxy) is 2. The number of benzene rings is 1. The maximum absolute atomic E-state index is 13.5. The summed E-state index contributed by atoms with van der Waals surface area (Å²) < 4.78 is 14.6. The van der Waals surface area contributed by atoms with E-state index in [0.717, 1.165) is 40.3 Å².